The molecule has 3 rings (SSSR count). The summed E-state index contributed by atoms with van der Waals surface area (Å²) < 4.78 is 10.6. The monoisotopic (exact) mass is 407 g/mol. The first-order valence-corrected chi connectivity index (χ1v) is 9.13. The van der Waals surface area contributed by atoms with E-state index in [2.05, 4.69) is 17.2 Å². The van der Waals surface area contributed by atoms with Gasteiger partial charge in [0.15, 0.2) is 0 Å². The molecule has 0 aromatic heterocycles. The predicted molar refractivity (Wildman–Crippen MR) is 112 cm³/mol. The molecule has 0 radical (unpaired) electrons. The van der Waals surface area contributed by atoms with Gasteiger partial charge < -0.3 is 20.1 Å². The van der Waals surface area contributed by atoms with E-state index in [9.17, 15) is 14.4 Å². The maximum absolute atomic E-state index is 12.6. The number of amides is 4. The highest BCUT2D eigenvalue weighted by Crippen LogP contribution is 2.23. The number of imide groups is 1. The molecule has 2 aromatic carbocycles. The summed E-state index contributed by atoms with van der Waals surface area (Å²) in [6, 6.07) is 13.2. The van der Waals surface area contributed by atoms with Crippen molar-refractivity contribution in [3.05, 3.63) is 72.4 Å². The standard InChI is InChI=1S/C22H21N3O5/c1-3-12-30-16-10-8-15(9-11-16)13-18-21(27)25(22(28)24-18)14-20(26)23-17-6-4-5-7-19(17)29-2/h3-11,13H,1,12,14H2,2H3,(H,23,26)(H,24,28)/b18-13+. The summed E-state index contributed by atoms with van der Waals surface area (Å²) in [6.07, 6.45) is 3.18. The van der Waals surface area contributed by atoms with Crippen LogP contribution in [0.1, 0.15) is 5.56 Å². The van der Waals surface area contributed by atoms with E-state index in [1.807, 2.05) is 0 Å². The Bertz CT molecular complexity index is 998. The van der Waals surface area contributed by atoms with Gasteiger partial charge in [-0.25, -0.2) is 9.69 Å². The molecule has 4 amide bonds. The minimum absolute atomic E-state index is 0.0878. The van der Waals surface area contributed by atoms with Crippen molar-refractivity contribution in [1.82, 2.24) is 10.2 Å². The first-order valence-electron chi connectivity index (χ1n) is 9.13. The van der Waals surface area contributed by atoms with E-state index >= 15 is 0 Å². The molecule has 0 bridgehead atoms. The summed E-state index contributed by atoms with van der Waals surface area (Å²) in [5.74, 6) is 0.0350. The van der Waals surface area contributed by atoms with Crippen LogP contribution in [0.15, 0.2) is 66.9 Å². The molecule has 0 aliphatic carbocycles. The number of anilines is 1. The number of carbonyl (C=O) groups excluding carboxylic acids is 3. The maximum atomic E-state index is 12.6. The van der Waals surface area contributed by atoms with Crippen molar-refractivity contribution in [2.24, 2.45) is 0 Å². The fourth-order valence-electron chi connectivity index (χ4n) is 2.78. The smallest absolute Gasteiger partial charge is 0.329 e. The topological polar surface area (TPSA) is 97.0 Å². The number of carbonyl (C=O) groups is 3. The van der Waals surface area contributed by atoms with Gasteiger partial charge in [-0.2, -0.15) is 0 Å². The highest BCUT2D eigenvalue weighted by atomic mass is 16.5. The van der Waals surface area contributed by atoms with Gasteiger partial charge in [-0.05, 0) is 35.9 Å². The molecule has 8 heteroatoms. The van der Waals surface area contributed by atoms with Gasteiger partial charge in [-0.1, -0.05) is 36.9 Å². The third-order valence-electron chi connectivity index (χ3n) is 4.20. The second-order valence-electron chi connectivity index (χ2n) is 6.30. The lowest BCUT2D eigenvalue weighted by Crippen LogP contribution is -2.38. The quantitative estimate of drug-likeness (QED) is 0.398. The van der Waals surface area contributed by atoms with Crippen molar-refractivity contribution in [2.45, 2.75) is 0 Å². The van der Waals surface area contributed by atoms with Crippen molar-refractivity contribution in [2.75, 3.05) is 25.6 Å². The molecule has 30 heavy (non-hydrogen) atoms. The average Bonchev–Trinajstić information content (AvgIpc) is 3.01. The molecule has 2 N–H and O–H groups in total. The molecule has 154 valence electrons. The molecule has 8 nitrogen and oxygen atoms in total. The second-order valence-corrected chi connectivity index (χ2v) is 6.30. The lowest BCUT2D eigenvalue weighted by molar-refractivity contribution is -0.127. The number of methoxy groups -OCH3 is 1. The summed E-state index contributed by atoms with van der Waals surface area (Å²) in [4.78, 5) is 37.9. The zero-order valence-electron chi connectivity index (χ0n) is 16.4. The molecule has 2 aromatic rings. The summed E-state index contributed by atoms with van der Waals surface area (Å²) >= 11 is 0. The normalized spacial score (nSPS) is 14.4. The Kier molecular flexibility index (Phi) is 6.49. The van der Waals surface area contributed by atoms with E-state index in [1.54, 1.807) is 54.6 Å². The molecule has 1 aliphatic rings. The molecule has 0 unspecified atom stereocenters. The fourth-order valence-corrected chi connectivity index (χ4v) is 2.78. The third-order valence-corrected chi connectivity index (χ3v) is 4.20. The molecular weight excluding hydrogens is 386 g/mol. The van der Waals surface area contributed by atoms with Crippen molar-refractivity contribution in [3.8, 4) is 11.5 Å². The molecular formula is C22H21N3O5. The molecule has 1 fully saturated rings. The van der Waals surface area contributed by atoms with Crippen molar-refractivity contribution >= 4 is 29.6 Å². The number of urea groups is 1. The molecule has 0 spiro atoms. The van der Waals surface area contributed by atoms with Crippen LogP contribution in [-0.4, -0.2) is 43.0 Å². The van der Waals surface area contributed by atoms with Crippen LogP contribution in [-0.2, 0) is 9.59 Å². The van der Waals surface area contributed by atoms with Crippen LogP contribution in [0, 0.1) is 0 Å². The van der Waals surface area contributed by atoms with E-state index in [-0.39, 0.29) is 5.70 Å². The zero-order chi connectivity index (χ0) is 21.5. The van der Waals surface area contributed by atoms with Gasteiger partial charge in [0.1, 0.15) is 30.3 Å². The van der Waals surface area contributed by atoms with Gasteiger partial charge in [0.2, 0.25) is 5.91 Å². The number of rotatable bonds is 8. The summed E-state index contributed by atoms with van der Waals surface area (Å²) in [5.41, 5.74) is 1.24. The average molecular weight is 407 g/mol. The predicted octanol–water partition coefficient (Wildman–Crippen LogP) is 2.79. The number of nitrogens with one attached hydrogen (secondary N) is 2. The van der Waals surface area contributed by atoms with Crippen LogP contribution < -0.4 is 20.1 Å². The molecule has 1 heterocycles. The minimum atomic E-state index is -0.660. The number of para-hydroxylation sites is 2. The van der Waals surface area contributed by atoms with Crippen molar-refractivity contribution in [3.63, 3.8) is 0 Å². The minimum Gasteiger partial charge on any atom is -0.495 e. The Balaban J connectivity index is 1.66. The summed E-state index contributed by atoms with van der Waals surface area (Å²) in [5, 5.41) is 5.13. The van der Waals surface area contributed by atoms with Crippen LogP contribution in [0.5, 0.6) is 11.5 Å². The number of hydrogen-bond acceptors (Lipinski definition) is 5. The zero-order valence-corrected chi connectivity index (χ0v) is 16.4. The largest absolute Gasteiger partial charge is 0.495 e. The van der Waals surface area contributed by atoms with Gasteiger partial charge in [0, 0.05) is 0 Å². The van der Waals surface area contributed by atoms with E-state index in [0.29, 0.717) is 29.4 Å². The summed E-state index contributed by atoms with van der Waals surface area (Å²) in [6.45, 7) is 3.55. The third kappa shape index (κ3) is 4.85. The molecule has 1 saturated heterocycles. The van der Waals surface area contributed by atoms with Crippen LogP contribution in [0.3, 0.4) is 0 Å². The number of benzene rings is 2. The first-order chi connectivity index (χ1) is 14.5. The molecule has 0 saturated carbocycles. The van der Waals surface area contributed by atoms with E-state index in [4.69, 9.17) is 9.47 Å². The maximum Gasteiger partial charge on any atom is 0.329 e. The van der Waals surface area contributed by atoms with Crippen molar-refractivity contribution < 1.29 is 23.9 Å². The Morgan fingerprint density at radius 1 is 1.17 bits per heavy atom. The summed E-state index contributed by atoms with van der Waals surface area (Å²) in [7, 11) is 1.48. The van der Waals surface area contributed by atoms with Gasteiger partial charge in [0.25, 0.3) is 5.91 Å². The number of nitrogens with zero attached hydrogens (tertiary/aromatic N) is 1. The Morgan fingerprint density at radius 2 is 1.90 bits per heavy atom. The van der Waals surface area contributed by atoms with Crippen LogP contribution in [0.25, 0.3) is 6.08 Å². The van der Waals surface area contributed by atoms with E-state index < -0.39 is 24.4 Å². The molecule has 0 atom stereocenters. The SMILES string of the molecule is C=CCOc1ccc(/C=C2/NC(=O)N(CC(=O)Nc3ccccc3OC)C2=O)cc1. The first kappa shape index (κ1) is 20.7. The Hall–Kier alpha value is -4.07. The van der Waals surface area contributed by atoms with E-state index in [0.717, 1.165) is 4.90 Å². The van der Waals surface area contributed by atoms with Gasteiger partial charge in [0.05, 0.1) is 12.8 Å². The van der Waals surface area contributed by atoms with Crippen LogP contribution in [0.4, 0.5) is 10.5 Å². The second kappa shape index (κ2) is 9.42. The highest BCUT2D eigenvalue weighted by Gasteiger charge is 2.35. The Morgan fingerprint density at radius 3 is 2.60 bits per heavy atom. The van der Waals surface area contributed by atoms with E-state index in [1.165, 1.54) is 13.2 Å². The Labute approximate surface area is 173 Å². The lowest BCUT2D eigenvalue weighted by atomic mass is 10.2. The highest BCUT2D eigenvalue weighted by molar-refractivity contribution is 6.16. The molecule has 1 aliphatic heterocycles. The van der Waals surface area contributed by atoms with Gasteiger partial charge >= 0.3 is 6.03 Å². The number of hydrogen-bond donors (Lipinski definition) is 2. The van der Waals surface area contributed by atoms with Crippen LogP contribution in [0.2, 0.25) is 0 Å². The van der Waals surface area contributed by atoms with Gasteiger partial charge in [-0.15, -0.1) is 0 Å². The van der Waals surface area contributed by atoms with Crippen molar-refractivity contribution in [1.29, 1.82) is 0 Å². The number of ether oxygens (including phenoxy) is 2. The fraction of sp³-hybridized carbons (Fsp3) is 0.136. The van der Waals surface area contributed by atoms with Crippen LogP contribution >= 0.6 is 0 Å². The lowest BCUT2D eigenvalue weighted by Gasteiger charge is -2.13. The van der Waals surface area contributed by atoms with Gasteiger partial charge in [-0.3, -0.25) is 9.59 Å².